The van der Waals surface area contributed by atoms with Gasteiger partial charge in [-0.15, -0.1) is 0 Å². The average Bonchev–Trinajstić information content (AvgIpc) is 2.71. The van der Waals surface area contributed by atoms with E-state index in [2.05, 4.69) is 5.32 Å². The zero-order valence-electron chi connectivity index (χ0n) is 18.6. The first-order valence-corrected chi connectivity index (χ1v) is 10.6. The second kappa shape index (κ2) is 8.36. The molecule has 1 fully saturated rings. The summed E-state index contributed by atoms with van der Waals surface area (Å²) in [6.45, 7) is 9.43. The van der Waals surface area contributed by atoms with Gasteiger partial charge < -0.3 is 19.9 Å². The van der Waals surface area contributed by atoms with Gasteiger partial charge in [0.05, 0.1) is 17.7 Å². The second-order valence-corrected chi connectivity index (χ2v) is 9.29. The van der Waals surface area contributed by atoms with Gasteiger partial charge in [-0.25, -0.2) is 0 Å². The molecule has 0 bridgehead atoms. The first-order chi connectivity index (χ1) is 14.1. The fourth-order valence-electron chi connectivity index (χ4n) is 3.92. The lowest BCUT2D eigenvalue weighted by molar-refractivity contribution is -0.0998. The third-order valence-electron chi connectivity index (χ3n) is 6.51. The fraction of sp³-hybridized carbons (Fsp3) is 0.500. The molecule has 0 saturated carbocycles. The van der Waals surface area contributed by atoms with Crippen molar-refractivity contribution in [3.05, 3.63) is 58.5 Å². The van der Waals surface area contributed by atoms with Crippen molar-refractivity contribution in [3.8, 4) is 11.1 Å². The Labute approximate surface area is 178 Å². The number of carbonyl (C=O) groups excluding carboxylic acids is 1. The van der Waals surface area contributed by atoms with Crippen molar-refractivity contribution in [2.24, 2.45) is 5.41 Å². The van der Waals surface area contributed by atoms with E-state index >= 15 is 0 Å². The van der Waals surface area contributed by atoms with Crippen LogP contribution in [0.2, 0.25) is 0 Å². The molecule has 2 N–H and O–H groups in total. The zero-order chi connectivity index (χ0) is 22.1. The van der Waals surface area contributed by atoms with Gasteiger partial charge in [0.1, 0.15) is 0 Å². The first kappa shape index (κ1) is 22.2. The number of nitrogens with zero attached hydrogens (tertiary/aromatic N) is 2. The van der Waals surface area contributed by atoms with Crippen molar-refractivity contribution in [1.82, 2.24) is 14.8 Å². The number of amides is 1. The van der Waals surface area contributed by atoms with E-state index in [1.165, 1.54) is 10.6 Å². The SMILES string of the molecule is CC(C)N(C)C(=O)c1cn(CC2(O)CCNCC2(C)C)c(=O)cc1-c1ccccc1. The Morgan fingerprint density at radius 1 is 1.27 bits per heavy atom. The molecule has 1 aliphatic rings. The topological polar surface area (TPSA) is 74.6 Å². The number of benzene rings is 1. The third-order valence-corrected chi connectivity index (χ3v) is 6.51. The summed E-state index contributed by atoms with van der Waals surface area (Å²) in [5.74, 6) is -0.144. The van der Waals surface area contributed by atoms with Crippen molar-refractivity contribution in [1.29, 1.82) is 0 Å². The van der Waals surface area contributed by atoms with Crippen LogP contribution < -0.4 is 10.9 Å². The van der Waals surface area contributed by atoms with Gasteiger partial charge in [-0.1, -0.05) is 44.2 Å². The Morgan fingerprint density at radius 2 is 1.93 bits per heavy atom. The predicted molar refractivity (Wildman–Crippen MR) is 120 cm³/mol. The molecule has 0 spiro atoms. The van der Waals surface area contributed by atoms with E-state index in [1.807, 2.05) is 58.0 Å². The summed E-state index contributed by atoms with van der Waals surface area (Å²) in [5.41, 5.74) is 0.240. The highest BCUT2D eigenvalue weighted by Gasteiger charge is 2.45. The van der Waals surface area contributed by atoms with Gasteiger partial charge in [0.2, 0.25) is 0 Å². The van der Waals surface area contributed by atoms with Crippen LogP contribution in [0.3, 0.4) is 0 Å². The number of hydrogen-bond acceptors (Lipinski definition) is 4. The van der Waals surface area contributed by atoms with Gasteiger partial charge in [-0.05, 0) is 32.4 Å². The highest BCUT2D eigenvalue weighted by Crippen LogP contribution is 2.37. The minimum atomic E-state index is -1.04. The van der Waals surface area contributed by atoms with Crippen molar-refractivity contribution in [2.75, 3.05) is 20.1 Å². The lowest BCUT2D eigenvalue weighted by Gasteiger charge is -2.47. The molecule has 6 heteroatoms. The largest absolute Gasteiger partial charge is 0.387 e. The minimum Gasteiger partial charge on any atom is -0.387 e. The van der Waals surface area contributed by atoms with Crippen LogP contribution in [0.5, 0.6) is 0 Å². The molecule has 6 nitrogen and oxygen atoms in total. The van der Waals surface area contributed by atoms with Gasteiger partial charge in [-0.2, -0.15) is 0 Å². The third kappa shape index (κ3) is 4.20. The quantitative estimate of drug-likeness (QED) is 0.793. The number of nitrogens with one attached hydrogen (secondary N) is 1. The maximum absolute atomic E-state index is 13.3. The van der Waals surface area contributed by atoms with Gasteiger partial charge >= 0.3 is 0 Å². The Hall–Kier alpha value is -2.44. The molecule has 162 valence electrons. The second-order valence-electron chi connectivity index (χ2n) is 9.29. The van der Waals surface area contributed by atoms with Gasteiger partial charge in [0, 0.05) is 42.9 Å². The molecule has 30 heavy (non-hydrogen) atoms. The Balaban J connectivity index is 2.11. The monoisotopic (exact) mass is 411 g/mol. The number of rotatable bonds is 5. The van der Waals surface area contributed by atoms with Gasteiger partial charge in [-0.3, -0.25) is 9.59 Å². The zero-order valence-corrected chi connectivity index (χ0v) is 18.6. The molecule has 1 atom stereocenters. The number of hydrogen-bond donors (Lipinski definition) is 2. The van der Waals surface area contributed by atoms with Crippen LogP contribution >= 0.6 is 0 Å². The summed E-state index contributed by atoms with van der Waals surface area (Å²) in [4.78, 5) is 28.0. The summed E-state index contributed by atoms with van der Waals surface area (Å²) >= 11 is 0. The van der Waals surface area contributed by atoms with Crippen LogP contribution in [0.15, 0.2) is 47.4 Å². The van der Waals surface area contributed by atoms with E-state index in [4.69, 9.17) is 0 Å². The summed E-state index contributed by atoms with van der Waals surface area (Å²) in [5, 5.41) is 14.7. The van der Waals surface area contributed by atoms with Gasteiger partial charge in [0.15, 0.2) is 0 Å². The van der Waals surface area contributed by atoms with E-state index in [1.54, 1.807) is 18.1 Å². The smallest absolute Gasteiger partial charge is 0.255 e. The number of pyridine rings is 1. The Bertz CT molecular complexity index is 965. The molecule has 0 radical (unpaired) electrons. The van der Waals surface area contributed by atoms with E-state index in [0.29, 0.717) is 30.6 Å². The van der Waals surface area contributed by atoms with Crippen molar-refractivity contribution in [2.45, 2.75) is 52.3 Å². The molecule has 1 saturated heterocycles. The maximum Gasteiger partial charge on any atom is 0.255 e. The predicted octanol–water partition coefficient (Wildman–Crippen LogP) is 2.75. The molecule has 2 heterocycles. The van der Waals surface area contributed by atoms with Crippen molar-refractivity contribution >= 4 is 5.91 Å². The molecule has 0 aliphatic carbocycles. The van der Waals surface area contributed by atoms with E-state index in [-0.39, 0.29) is 24.1 Å². The van der Waals surface area contributed by atoms with Crippen molar-refractivity contribution < 1.29 is 9.90 Å². The number of piperidine rings is 1. The Kier molecular flexibility index (Phi) is 6.20. The summed E-state index contributed by atoms with van der Waals surface area (Å²) in [6, 6.07) is 11.0. The summed E-state index contributed by atoms with van der Waals surface area (Å²) in [7, 11) is 1.76. The molecule has 1 aromatic heterocycles. The van der Waals surface area contributed by atoms with Gasteiger partial charge in [0.25, 0.3) is 11.5 Å². The van der Waals surface area contributed by atoms with E-state index in [0.717, 1.165) is 5.56 Å². The molecule has 2 aromatic rings. The van der Waals surface area contributed by atoms with Crippen LogP contribution in [-0.2, 0) is 6.54 Å². The molecule has 1 aliphatic heterocycles. The average molecular weight is 412 g/mol. The first-order valence-electron chi connectivity index (χ1n) is 10.6. The van der Waals surface area contributed by atoms with E-state index < -0.39 is 11.0 Å². The number of aliphatic hydroxyl groups is 1. The number of carbonyl (C=O) groups is 1. The van der Waals surface area contributed by atoms with Crippen LogP contribution in [0.4, 0.5) is 0 Å². The number of aromatic nitrogens is 1. The standard InChI is InChI=1S/C24H33N3O3/c1-17(2)26(5)22(29)20-14-27(16-24(30)11-12-25-15-23(24,3)4)21(28)13-19(20)18-9-7-6-8-10-18/h6-10,13-14,17,25,30H,11-12,15-16H2,1-5H3. The normalized spacial score (nSPS) is 20.9. The lowest BCUT2D eigenvalue weighted by atomic mass is 9.70. The van der Waals surface area contributed by atoms with Crippen LogP contribution in [-0.4, -0.2) is 52.3 Å². The van der Waals surface area contributed by atoms with Crippen molar-refractivity contribution in [3.63, 3.8) is 0 Å². The fourth-order valence-corrected chi connectivity index (χ4v) is 3.92. The molecule has 1 amide bonds. The van der Waals surface area contributed by atoms with Crippen LogP contribution in [0.1, 0.15) is 44.5 Å². The lowest BCUT2D eigenvalue weighted by Crippen LogP contribution is -2.58. The molecular weight excluding hydrogens is 378 g/mol. The van der Waals surface area contributed by atoms with Crippen LogP contribution in [0.25, 0.3) is 11.1 Å². The van der Waals surface area contributed by atoms with E-state index in [9.17, 15) is 14.7 Å². The van der Waals surface area contributed by atoms with Crippen LogP contribution in [0, 0.1) is 5.41 Å². The Morgan fingerprint density at radius 3 is 2.53 bits per heavy atom. The molecular formula is C24H33N3O3. The summed E-state index contributed by atoms with van der Waals surface area (Å²) < 4.78 is 1.50. The molecule has 1 aromatic carbocycles. The maximum atomic E-state index is 13.3. The highest BCUT2D eigenvalue weighted by atomic mass is 16.3. The highest BCUT2D eigenvalue weighted by molar-refractivity contribution is 6.00. The molecule has 3 rings (SSSR count). The molecule has 1 unspecified atom stereocenters. The summed E-state index contributed by atoms with van der Waals surface area (Å²) in [6.07, 6.45) is 2.17. The minimum absolute atomic E-state index is 0.0223.